The van der Waals surface area contributed by atoms with E-state index in [1.807, 2.05) is 6.92 Å². The Kier molecular flexibility index (Phi) is 5.12. The Morgan fingerprint density at radius 1 is 1.43 bits per heavy atom. The van der Waals surface area contributed by atoms with Crippen LogP contribution in [0, 0.1) is 17.0 Å². The summed E-state index contributed by atoms with van der Waals surface area (Å²) in [7, 11) is 0. The fourth-order valence-corrected chi connectivity index (χ4v) is 3.23. The van der Waals surface area contributed by atoms with Gasteiger partial charge in [0.05, 0.1) is 20.1 Å². The van der Waals surface area contributed by atoms with E-state index in [-0.39, 0.29) is 16.7 Å². The van der Waals surface area contributed by atoms with Gasteiger partial charge < -0.3 is 5.32 Å². The molecule has 21 heavy (non-hydrogen) atoms. The third-order valence-electron chi connectivity index (χ3n) is 3.45. The minimum atomic E-state index is -0.324. The van der Waals surface area contributed by atoms with Crippen molar-refractivity contribution < 1.29 is 4.92 Å². The van der Waals surface area contributed by atoms with Crippen molar-refractivity contribution in [2.75, 3.05) is 5.32 Å². The lowest BCUT2D eigenvalue weighted by atomic mass is 10.1. The van der Waals surface area contributed by atoms with Crippen molar-refractivity contribution in [3.63, 3.8) is 0 Å². The van der Waals surface area contributed by atoms with Crippen LogP contribution in [0.1, 0.15) is 44.5 Å². The molecule has 1 aromatic heterocycles. The Hall–Kier alpha value is -1.69. The molecule has 0 aliphatic rings. The first kappa shape index (κ1) is 15.7. The van der Waals surface area contributed by atoms with Crippen LogP contribution in [0.5, 0.6) is 0 Å². The zero-order valence-electron chi connectivity index (χ0n) is 12.7. The molecule has 2 rings (SSSR count). The van der Waals surface area contributed by atoms with Crippen molar-refractivity contribution in [1.29, 1.82) is 0 Å². The van der Waals surface area contributed by atoms with E-state index in [0.29, 0.717) is 5.69 Å². The maximum Gasteiger partial charge on any atom is 0.293 e. The molecular formula is C15H21N3O2S. The van der Waals surface area contributed by atoms with Gasteiger partial charge in [0.25, 0.3) is 5.69 Å². The lowest BCUT2D eigenvalue weighted by Crippen LogP contribution is -2.15. The Morgan fingerprint density at radius 3 is 2.86 bits per heavy atom. The van der Waals surface area contributed by atoms with Gasteiger partial charge in [-0.2, -0.15) is 0 Å². The van der Waals surface area contributed by atoms with Crippen LogP contribution in [-0.2, 0) is 0 Å². The van der Waals surface area contributed by atoms with E-state index in [1.54, 1.807) is 12.1 Å². The van der Waals surface area contributed by atoms with Crippen molar-refractivity contribution in [3.8, 4) is 0 Å². The van der Waals surface area contributed by atoms with E-state index in [0.717, 1.165) is 28.1 Å². The minimum Gasteiger partial charge on any atom is -0.377 e. The van der Waals surface area contributed by atoms with Gasteiger partial charge in [0.2, 0.25) is 0 Å². The second-order valence-electron chi connectivity index (χ2n) is 5.37. The van der Waals surface area contributed by atoms with Crippen LogP contribution < -0.4 is 5.32 Å². The van der Waals surface area contributed by atoms with Crippen LogP contribution in [0.4, 0.5) is 11.4 Å². The minimum absolute atomic E-state index is 0.133. The largest absolute Gasteiger partial charge is 0.377 e. The SMILES string of the molecule is CCCCCC(C)Nc1cc2nc(C)sc2cc1[N+](=O)[O-]. The summed E-state index contributed by atoms with van der Waals surface area (Å²) >= 11 is 1.48. The van der Waals surface area contributed by atoms with Crippen LogP contribution >= 0.6 is 11.3 Å². The van der Waals surface area contributed by atoms with Gasteiger partial charge in [-0.15, -0.1) is 11.3 Å². The Balaban J connectivity index is 2.23. The van der Waals surface area contributed by atoms with Crippen LogP contribution in [0.15, 0.2) is 12.1 Å². The highest BCUT2D eigenvalue weighted by Crippen LogP contribution is 2.33. The van der Waals surface area contributed by atoms with E-state index in [2.05, 4.69) is 24.1 Å². The number of nitrogens with zero attached hydrogens (tertiary/aromatic N) is 2. The number of hydrogen-bond acceptors (Lipinski definition) is 5. The molecule has 0 saturated carbocycles. The number of nitrogens with one attached hydrogen (secondary N) is 1. The average molecular weight is 307 g/mol. The van der Waals surface area contributed by atoms with Gasteiger partial charge in [-0.3, -0.25) is 10.1 Å². The summed E-state index contributed by atoms with van der Waals surface area (Å²) in [5.74, 6) is 0. The van der Waals surface area contributed by atoms with Gasteiger partial charge in [0, 0.05) is 12.1 Å². The normalized spacial score (nSPS) is 12.5. The molecule has 114 valence electrons. The summed E-state index contributed by atoms with van der Waals surface area (Å²) in [6.07, 6.45) is 4.52. The molecule has 0 fully saturated rings. The number of benzene rings is 1. The third-order valence-corrected chi connectivity index (χ3v) is 4.39. The molecule has 0 bridgehead atoms. The average Bonchev–Trinajstić information content (AvgIpc) is 2.77. The molecule has 0 amide bonds. The van der Waals surface area contributed by atoms with Crippen LogP contribution in [0.3, 0.4) is 0 Å². The van der Waals surface area contributed by atoms with Gasteiger partial charge in [-0.1, -0.05) is 26.2 Å². The second-order valence-corrected chi connectivity index (χ2v) is 6.60. The predicted octanol–water partition coefficient (Wildman–Crippen LogP) is 4.89. The first-order chi connectivity index (χ1) is 10.0. The molecule has 1 aromatic carbocycles. The standard InChI is InChI=1S/C15H21N3O2S/c1-4-5-6-7-10(2)16-12-8-13-15(21-11(3)17-13)9-14(12)18(19)20/h8-10,16H,4-7H2,1-3H3. The van der Waals surface area contributed by atoms with Gasteiger partial charge in [-0.25, -0.2) is 4.98 Å². The summed E-state index contributed by atoms with van der Waals surface area (Å²) in [5.41, 5.74) is 1.53. The highest BCUT2D eigenvalue weighted by molar-refractivity contribution is 7.18. The Labute approximate surface area is 128 Å². The third kappa shape index (κ3) is 3.91. The molecule has 1 unspecified atom stereocenters. The smallest absolute Gasteiger partial charge is 0.293 e. The zero-order chi connectivity index (χ0) is 15.4. The van der Waals surface area contributed by atoms with Gasteiger partial charge >= 0.3 is 0 Å². The van der Waals surface area contributed by atoms with Crippen LogP contribution in [0.2, 0.25) is 0 Å². The molecule has 0 aliphatic heterocycles. The predicted molar refractivity (Wildman–Crippen MR) is 88.2 cm³/mol. The van der Waals surface area contributed by atoms with E-state index < -0.39 is 0 Å². The van der Waals surface area contributed by atoms with E-state index in [1.165, 1.54) is 24.2 Å². The van der Waals surface area contributed by atoms with Crippen molar-refractivity contribution in [1.82, 2.24) is 4.98 Å². The fourth-order valence-electron chi connectivity index (χ4n) is 2.38. The molecule has 5 nitrogen and oxygen atoms in total. The van der Waals surface area contributed by atoms with E-state index in [4.69, 9.17) is 0 Å². The van der Waals surface area contributed by atoms with Crippen molar-refractivity contribution >= 4 is 32.9 Å². The molecule has 1 heterocycles. The topological polar surface area (TPSA) is 68.1 Å². The lowest BCUT2D eigenvalue weighted by molar-refractivity contribution is -0.383. The zero-order valence-corrected chi connectivity index (χ0v) is 13.5. The number of aryl methyl sites for hydroxylation is 1. The number of nitro groups is 1. The molecular weight excluding hydrogens is 286 g/mol. The molecule has 0 radical (unpaired) electrons. The number of nitro benzene ring substituents is 1. The van der Waals surface area contributed by atoms with Crippen molar-refractivity contribution in [3.05, 3.63) is 27.3 Å². The number of unbranched alkanes of at least 4 members (excludes halogenated alkanes) is 2. The maximum atomic E-state index is 11.3. The number of thiazole rings is 1. The number of hydrogen-bond donors (Lipinski definition) is 1. The Morgan fingerprint density at radius 2 is 2.19 bits per heavy atom. The number of rotatable bonds is 7. The molecule has 0 saturated heterocycles. The summed E-state index contributed by atoms with van der Waals surface area (Å²) in [6, 6.07) is 3.64. The van der Waals surface area contributed by atoms with Gasteiger partial charge in [-0.05, 0) is 26.3 Å². The quantitative estimate of drug-likeness (QED) is 0.449. The first-order valence-electron chi connectivity index (χ1n) is 7.33. The maximum absolute atomic E-state index is 11.3. The highest BCUT2D eigenvalue weighted by Gasteiger charge is 2.18. The summed E-state index contributed by atoms with van der Waals surface area (Å²) in [6.45, 7) is 6.15. The van der Waals surface area contributed by atoms with E-state index in [9.17, 15) is 10.1 Å². The molecule has 1 atom stereocenters. The summed E-state index contributed by atoms with van der Waals surface area (Å²) < 4.78 is 0.864. The van der Waals surface area contributed by atoms with Crippen molar-refractivity contribution in [2.45, 2.75) is 52.5 Å². The van der Waals surface area contributed by atoms with Gasteiger partial charge in [0.15, 0.2) is 0 Å². The molecule has 1 N–H and O–H groups in total. The van der Waals surface area contributed by atoms with E-state index >= 15 is 0 Å². The molecule has 2 aromatic rings. The highest BCUT2D eigenvalue weighted by atomic mass is 32.1. The molecule has 0 spiro atoms. The number of anilines is 1. The number of fused-ring (bicyclic) bond motifs is 1. The first-order valence-corrected chi connectivity index (χ1v) is 8.15. The van der Waals surface area contributed by atoms with Crippen LogP contribution in [0.25, 0.3) is 10.2 Å². The second kappa shape index (κ2) is 6.85. The molecule has 6 heteroatoms. The summed E-state index contributed by atoms with van der Waals surface area (Å²) in [5, 5.41) is 15.5. The van der Waals surface area contributed by atoms with Crippen molar-refractivity contribution in [2.24, 2.45) is 0 Å². The van der Waals surface area contributed by atoms with Gasteiger partial charge in [0.1, 0.15) is 5.69 Å². The summed E-state index contributed by atoms with van der Waals surface area (Å²) in [4.78, 5) is 15.4. The monoisotopic (exact) mass is 307 g/mol. The molecule has 0 aliphatic carbocycles. The Bertz CT molecular complexity index is 639. The lowest BCUT2D eigenvalue weighted by Gasteiger charge is -2.15. The number of aromatic nitrogens is 1. The van der Waals surface area contributed by atoms with Crippen LogP contribution in [-0.4, -0.2) is 15.9 Å². The fraction of sp³-hybridized carbons (Fsp3) is 0.533.